The minimum atomic E-state index is 0.864. The van der Waals surface area contributed by atoms with Crippen LogP contribution in [0.3, 0.4) is 0 Å². The lowest BCUT2D eigenvalue weighted by Gasteiger charge is -2.21. The number of nitrogens with zero attached hydrogens (tertiary/aromatic N) is 2. The zero-order valence-corrected chi connectivity index (χ0v) is 10.4. The van der Waals surface area contributed by atoms with Crippen molar-refractivity contribution in [2.45, 2.75) is 20.8 Å². The molecule has 0 amide bonds. The molecular formula is C14H20N2. The number of anilines is 1. The summed E-state index contributed by atoms with van der Waals surface area (Å²) in [5.41, 5.74) is 1.24. The van der Waals surface area contributed by atoms with Gasteiger partial charge in [0.15, 0.2) is 0 Å². The Morgan fingerprint density at radius 2 is 1.94 bits per heavy atom. The van der Waals surface area contributed by atoms with E-state index < -0.39 is 0 Å². The van der Waals surface area contributed by atoms with Crippen LogP contribution in [-0.4, -0.2) is 18.1 Å². The monoisotopic (exact) mass is 216 g/mol. The average Bonchev–Trinajstić information content (AvgIpc) is 2.77. The number of pyridine rings is 1. The number of aromatic nitrogens is 1. The molecule has 2 aliphatic rings. The number of fused-ring (bicyclic) bond motifs is 1. The lowest BCUT2D eigenvalue weighted by molar-refractivity contribution is 0.479. The van der Waals surface area contributed by atoms with E-state index in [1.807, 2.05) is 6.20 Å². The predicted molar refractivity (Wildman–Crippen MR) is 66.5 cm³/mol. The Morgan fingerprint density at radius 1 is 1.25 bits per heavy atom. The van der Waals surface area contributed by atoms with Gasteiger partial charge in [-0.05, 0) is 42.2 Å². The standard InChI is InChI=1S/C14H20N2/c1-9(2)14-11-7-16(8-12(11)14)13-5-4-10(3)6-15-13/h4-6,9,11-12,14H,7-8H2,1-3H3. The Kier molecular flexibility index (Phi) is 2.20. The van der Waals surface area contributed by atoms with Gasteiger partial charge in [0, 0.05) is 19.3 Å². The summed E-state index contributed by atoms with van der Waals surface area (Å²) in [7, 11) is 0. The van der Waals surface area contributed by atoms with Crippen molar-refractivity contribution < 1.29 is 0 Å². The molecule has 3 rings (SSSR count). The zero-order valence-electron chi connectivity index (χ0n) is 10.4. The van der Waals surface area contributed by atoms with Crippen molar-refractivity contribution >= 4 is 5.82 Å². The van der Waals surface area contributed by atoms with Gasteiger partial charge in [-0.15, -0.1) is 0 Å². The van der Waals surface area contributed by atoms with Crippen LogP contribution in [-0.2, 0) is 0 Å². The third-order valence-corrected chi connectivity index (χ3v) is 4.25. The molecule has 2 unspecified atom stereocenters. The van der Waals surface area contributed by atoms with Gasteiger partial charge in [0.25, 0.3) is 0 Å². The van der Waals surface area contributed by atoms with Crippen LogP contribution in [0, 0.1) is 30.6 Å². The lowest BCUT2D eigenvalue weighted by Crippen LogP contribution is -2.25. The lowest BCUT2D eigenvalue weighted by atomic mass is 10.0. The highest BCUT2D eigenvalue weighted by molar-refractivity contribution is 5.42. The fourth-order valence-electron chi connectivity index (χ4n) is 3.40. The third-order valence-electron chi connectivity index (χ3n) is 4.25. The molecule has 1 aromatic rings. The number of hydrogen-bond donors (Lipinski definition) is 0. The van der Waals surface area contributed by atoms with E-state index in [1.165, 1.54) is 24.5 Å². The molecule has 1 aliphatic carbocycles. The van der Waals surface area contributed by atoms with Crippen molar-refractivity contribution in [1.82, 2.24) is 4.98 Å². The first kappa shape index (κ1) is 10.1. The second kappa shape index (κ2) is 3.47. The smallest absolute Gasteiger partial charge is 0.128 e. The van der Waals surface area contributed by atoms with Gasteiger partial charge in [-0.1, -0.05) is 19.9 Å². The molecule has 0 radical (unpaired) electrons. The second-order valence-electron chi connectivity index (χ2n) is 5.75. The van der Waals surface area contributed by atoms with Crippen molar-refractivity contribution in [3.63, 3.8) is 0 Å². The van der Waals surface area contributed by atoms with Crippen molar-refractivity contribution in [3.05, 3.63) is 23.9 Å². The Hall–Kier alpha value is -1.05. The van der Waals surface area contributed by atoms with E-state index >= 15 is 0 Å². The van der Waals surface area contributed by atoms with Crippen molar-refractivity contribution in [2.75, 3.05) is 18.0 Å². The molecule has 1 saturated carbocycles. The summed E-state index contributed by atoms with van der Waals surface area (Å²) in [6, 6.07) is 4.32. The maximum absolute atomic E-state index is 4.51. The highest BCUT2D eigenvalue weighted by Gasteiger charge is 2.56. The van der Waals surface area contributed by atoms with Gasteiger partial charge in [0.2, 0.25) is 0 Å². The number of hydrogen-bond acceptors (Lipinski definition) is 2. The Morgan fingerprint density at radius 3 is 2.44 bits per heavy atom. The summed E-state index contributed by atoms with van der Waals surface area (Å²) >= 11 is 0. The maximum atomic E-state index is 4.51. The number of aryl methyl sites for hydroxylation is 1. The van der Waals surface area contributed by atoms with Crippen LogP contribution in [0.2, 0.25) is 0 Å². The van der Waals surface area contributed by atoms with Crippen LogP contribution >= 0.6 is 0 Å². The molecule has 2 atom stereocenters. The molecule has 0 N–H and O–H groups in total. The molecule has 16 heavy (non-hydrogen) atoms. The molecule has 86 valence electrons. The van der Waals surface area contributed by atoms with Gasteiger partial charge in [-0.25, -0.2) is 4.98 Å². The molecule has 2 heteroatoms. The fourth-order valence-corrected chi connectivity index (χ4v) is 3.40. The molecule has 0 bridgehead atoms. The molecule has 2 heterocycles. The quantitative estimate of drug-likeness (QED) is 0.755. The molecular weight excluding hydrogens is 196 g/mol. The van der Waals surface area contributed by atoms with Crippen LogP contribution in [0.15, 0.2) is 18.3 Å². The maximum Gasteiger partial charge on any atom is 0.128 e. The highest BCUT2D eigenvalue weighted by atomic mass is 15.2. The van der Waals surface area contributed by atoms with E-state index in [9.17, 15) is 0 Å². The van der Waals surface area contributed by atoms with E-state index in [2.05, 4.69) is 42.8 Å². The molecule has 2 fully saturated rings. The van der Waals surface area contributed by atoms with Crippen molar-refractivity contribution in [1.29, 1.82) is 0 Å². The molecule has 0 aromatic carbocycles. The van der Waals surface area contributed by atoms with Gasteiger partial charge in [0.05, 0.1) is 0 Å². The third kappa shape index (κ3) is 1.51. The van der Waals surface area contributed by atoms with E-state index in [-0.39, 0.29) is 0 Å². The summed E-state index contributed by atoms with van der Waals surface area (Å²) in [5, 5.41) is 0. The summed E-state index contributed by atoms with van der Waals surface area (Å²) < 4.78 is 0. The van der Waals surface area contributed by atoms with Crippen LogP contribution in [0.4, 0.5) is 5.82 Å². The topological polar surface area (TPSA) is 16.1 Å². The predicted octanol–water partition coefficient (Wildman–Crippen LogP) is 2.73. The summed E-state index contributed by atoms with van der Waals surface area (Å²) in [6.07, 6.45) is 1.97. The number of piperidine rings is 1. The summed E-state index contributed by atoms with van der Waals surface area (Å²) in [6.45, 7) is 9.26. The van der Waals surface area contributed by atoms with Gasteiger partial charge in [0.1, 0.15) is 5.82 Å². The van der Waals surface area contributed by atoms with Crippen LogP contribution in [0.1, 0.15) is 19.4 Å². The second-order valence-corrected chi connectivity index (χ2v) is 5.75. The van der Waals surface area contributed by atoms with Crippen LogP contribution in [0.25, 0.3) is 0 Å². The first-order chi connectivity index (χ1) is 7.66. The van der Waals surface area contributed by atoms with E-state index in [0.29, 0.717) is 0 Å². The first-order valence-corrected chi connectivity index (χ1v) is 6.34. The normalized spacial score (nSPS) is 32.0. The van der Waals surface area contributed by atoms with Gasteiger partial charge < -0.3 is 4.90 Å². The molecule has 1 aliphatic heterocycles. The Bertz CT molecular complexity index is 370. The summed E-state index contributed by atoms with van der Waals surface area (Å²) in [4.78, 5) is 6.96. The van der Waals surface area contributed by atoms with E-state index in [0.717, 1.165) is 23.7 Å². The fraction of sp³-hybridized carbons (Fsp3) is 0.643. The van der Waals surface area contributed by atoms with Gasteiger partial charge >= 0.3 is 0 Å². The highest BCUT2D eigenvalue weighted by Crippen LogP contribution is 2.55. The molecule has 0 spiro atoms. The van der Waals surface area contributed by atoms with Crippen LogP contribution < -0.4 is 4.90 Å². The molecule has 2 nitrogen and oxygen atoms in total. The van der Waals surface area contributed by atoms with E-state index in [4.69, 9.17) is 0 Å². The van der Waals surface area contributed by atoms with Crippen LogP contribution in [0.5, 0.6) is 0 Å². The number of rotatable bonds is 2. The van der Waals surface area contributed by atoms with Gasteiger partial charge in [-0.2, -0.15) is 0 Å². The Labute approximate surface area is 97.7 Å². The van der Waals surface area contributed by atoms with Gasteiger partial charge in [-0.3, -0.25) is 0 Å². The van der Waals surface area contributed by atoms with Crippen molar-refractivity contribution in [3.8, 4) is 0 Å². The largest absolute Gasteiger partial charge is 0.356 e. The molecule has 1 saturated heterocycles. The SMILES string of the molecule is Cc1ccc(N2CC3C(C2)C3C(C)C)nc1. The first-order valence-electron chi connectivity index (χ1n) is 6.34. The van der Waals surface area contributed by atoms with E-state index in [1.54, 1.807) is 0 Å². The zero-order chi connectivity index (χ0) is 11.3. The van der Waals surface area contributed by atoms with Crippen molar-refractivity contribution in [2.24, 2.45) is 23.7 Å². The minimum Gasteiger partial charge on any atom is -0.356 e. The average molecular weight is 216 g/mol. The summed E-state index contributed by atoms with van der Waals surface area (Å²) in [5.74, 6) is 4.91. The minimum absolute atomic E-state index is 0.864. The molecule has 1 aromatic heterocycles. The Balaban J connectivity index is 1.67.